The Bertz CT molecular complexity index is 421. The summed E-state index contributed by atoms with van der Waals surface area (Å²) < 4.78 is 0.798. The molecule has 0 aliphatic rings. The number of carboxylic acid groups (broad SMARTS) is 1. The van der Waals surface area contributed by atoms with Gasteiger partial charge in [0, 0.05) is 3.57 Å². The molecule has 0 radical (unpaired) electrons. The number of hydrogen-bond acceptors (Lipinski definition) is 2. The predicted molar refractivity (Wildman–Crippen MR) is 60.2 cm³/mol. The molecule has 0 spiro atoms. The lowest BCUT2D eigenvalue weighted by Crippen LogP contribution is -2.05. The number of carboxylic acids is 1. The van der Waals surface area contributed by atoms with Crippen molar-refractivity contribution in [3.8, 4) is 6.07 Å². The zero-order valence-corrected chi connectivity index (χ0v) is 9.70. The third-order valence-electron chi connectivity index (χ3n) is 1.96. The summed E-state index contributed by atoms with van der Waals surface area (Å²) in [4.78, 5) is 10.8. The molecule has 0 unspecified atom stereocenters. The molecule has 1 rings (SSSR count). The van der Waals surface area contributed by atoms with E-state index >= 15 is 0 Å². The van der Waals surface area contributed by atoms with Crippen LogP contribution in [0.4, 0.5) is 0 Å². The van der Waals surface area contributed by atoms with Gasteiger partial charge in [0.25, 0.3) is 0 Å². The lowest BCUT2D eigenvalue weighted by molar-refractivity contribution is 0.0695. The molecule has 1 aromatic carbocycles. The first-order chi connectivity index (χ1) is 6.61. The van der Waals surface area contributed by atoms with Crippen molar-refractivity contribution in [1.29, 1.82) is 5.26 Å². The van der Waals surface area contributed by atoms with Crippen molar-refractivity contribution in [2.45, 2.75) is 13.3 Å². The molecule has 0 aromatic heterocycles. The number of benzene rings is 1. The minimum Gasteiger partial charge on any atom is -0.478 e. The van der Waals surface area contributed by atoms with Gasteiger partial charge in [0.05, 0.1) is 11.1 Å². The number of hydrogen-bond donors (Lipinski definition) is 1. The topological polar surface area (TPSA) is 61.1 Å². The Morgan fingerprint density at radius 1 is 1.64 bits per heavy atom. The summed E-state index contributed by atoms with van der Waals surface area (Å²) in [5.41, 5.74) is 1.32. The van der Waals surface area contributed by atoms with Crippen molar-refractivity contribution < 1.29 is 9.90 Å². The third kappa shape index (κ3) is 1.87. The summed E-state index contributed by atoms with van der Waals surface area (Å²) in [6.07, 6.45) is 0.557. The minimum atomic E-state index is -0.977. The maximum atomic E-state index is 10.8. The molecule has 1 N–H and O–H groups in total. The van der Waals surface area contributed by atoms with Crippen LogP contribution in [-0.2, 0) is 6.42 Å². The minimum absolute atomic E-state index is 0.226. The van der Waals surface area contributed by atoms with Gasteiger partial charge in [0.15, 0.2) is 0 Å². The molecule has 0 aliphatic carbocycles. The molecule has 4 heteroatoms. The lowest BCUT2D eigenvalue weighted by atomic mass is 10.00. The number of carbonyl (C=O) groups is 1. The highest BCUT2D eigenvalue weighted by Gasteiger charge is 2.14. The van der Waals surface area contributed by atoms with Crippen molar-refractivity contribution in [2.75, 3.05) is 0 Å². The molecule has 0 aliphatic heterocycles. The quantitative estimate of drug-likeness (QED) is 0.853. The molecule has 1 aromatic rings. The highest BCUT2D eigenvalue weighted by Crippen LogP contribution is 2.21. The average Bonchev–Trinajstić information content (AvgIpc) is 2.16. The van der Waals surface area contributed by atoms with Crippen LogP contribution in [0.25, 0.3) is 0 Å². The van der Waals surface area contributed by atoms with Gasteiger partial charge in [-0.3, -0.25) is 0 Å². The molecule has 0 saturated heterocycles. The molecule has 0 saturated carbocycles. The Balaban J connectivity index is 3.50. The highest BCUT2D eigenvalue weighted by molar-refractivity contribution is 14.1. The van der Waals surface area contributed by atoms with Crippen molar-refractivity contribution in [1.82, 2.24) is 0 Å². The third-order valence-corrected chi connectivity index (χ3v) is 2.86. The first-order valence-electron chi connectivity index (χ1n) is 4.06. The largest absolute Gasteiger partial charge is 0.478 e. The van der Waals surface area contributed by atoms with Crippen LogP contribution in [0.3, 0.4) is 0 Å². The smallest absolute Gasteiger partial charge is 0.336 e. The van der Waals surface area contributed by atoms with E-state index in [-0.39, 0.29) is 5.56 Å². The van der Waals surface area contributed by atoms with Crippen LogP contribution >= 0.6 is 22.6 Å². The number of aromatic carboxylic acids is 1. The summed E-state index contributed by atoms with van der Waals surface area (Å²) in [7, 11) is 0. The fourth-order valence-corrected chi connectivity index (χ4v) is 1.93. The Morgan fingerprint density at radius 2 is 2.29 bits per heavy atom. The van der Waals surface area contributed by atoms with Crippen LogP contribution in [0.1, 0.15) is 28.4 Å². The number of halogens is 1. The molecule has 0 fully saturated rings. The Morgan fingerprint density at radius 3 is 2.71 bits per heavy atom. The van der Waals surface area contributed by atoms with E-state index in [2.05, 4.69) is 0 Å². The van der Waals surface area contributed by atoms with Crippen LogP contribution in [0.5, 0.6) is 0 Å². The standard InChI is InChI=1S/C10H8INO2/c1-2-6-7(10(13)14)3-4-9(11)8(6)5-12/h3-4H,2H2,1H3,(H,13,14). The van der Waals surface area contributed by atoms with Gasteiger partial charge in [0.2, 0.25) is 0 Å². The van der Waals surface area contributed by atoms with Gasteiger partial charge in [-0.05, 0) is 46.7 Å². The second-order valence-electron chi connectivity index (χ2n) is 2.72. The first-order valence-corrected chi connectivity index (χ1v) is 5.14. The molecule has 0 heterocycles. The fraction of sp³-hybridized carbons (Fsp3) is 0.200. The molecule has 0 bridgehead atoms. The summed E-state index contributed by atoms with van der Waals surface area (Å²) >= 11 is 2.03. The van der Waals surface area contributed by atoms with Gasteiger partial charge < -0.3 is 5.11 Å². The van der Waals surface area contributed by atoms with Gasteiger partial charge in [-0.15, -0.1) is 0 Å². The van der Waals surface area contributed by atoms with Crippen molar-refractivity contribution >= 4 is 28.6 Å². The Kier molecular flexibility index (Phi) is 3.47. The number of nitrogens with zero attached hydrogens (tertiary/aromatic N) is 1. The van der Waals surface area contributed by atoms with Crippen LogP contribution in [0.2, 0.25) is 0 Å². The fourth-order valence-electron chi connectivity index (χ4n) is 1.31. The van der Waals surface area contributed by atoms with Gasteiger partial charge in [-0.2, -0.15) is 5.26 Å². The van der Waals surface area contributed by atoms with Gasteiger partial charge in [-0.1, -0.05) is 6.92 Å². The van der Waals surface area contributed by atoms with Gasteiger partial charge in [0.1, 0.15) is 6.07 Å². The molecule has 72 valence electrons. The number of nitriles is 1. The Labute approximate surface area is 95.5 Å². The molecule has 0 atom stereocenters. The maximum absolute atomic E-state index is 10.8. The average molecular weight is 301 g/mol. The van der Waals surface area contributed by atoms with E-state index in [0.717, 1.165) is 3.57 Å². The summed E-state index contributed by atoms with van der Waals surface area (Å²) in [5.74, 6) is -0.977. The molecule has 0 amide bonds. The molecule has 3 nitrogen and oxygen atoms in total. The van der Waals surface area contributed by atoms with Crippen LogP contribution in [0, 0.1) is 14.9 Å². The summed E-state index contributed by atoms with van der Waals surface area (Å²) in [6.45, 7) is 1.85. The van der Waals surface area contributed by atoms with Crippen LogP contribution in [0.15, 0.2) is 12.1 Å². The summed E-state index contributed by atoms with van der Waals surface area (Å²) in [6, 6.07) is 5.24. The van der Waals surface area contributed by atoms with E-state index in [1.54, 1.807) is 12.1 Å². The second-order valence-corrected chi connectivity index (χ2v) is 3.88. The SMILES string of the molecule is CCc1c(C(=O)O)ccc(I)c1C#N. The van der Waals surface area contributed by atoms with Crippen molar-refractivity contribution in [3.63, 3.8) is 0 Å². The van der Waals surface area contributed by atoms with E-state index in [4.69, 9.17) is 10.4 Å². The Hall–Kier alpha value is -1.09. The zero-order chi connectivity index (χ0) is 10.7. The van der Waals surface area contributed by atoms with E-state index < -0.39 is 5.97 Å². The predicted octanol–water partition coefficient (Wildman–Crippen LogP) is 2.42. The maximum Gasteiger partial charge on any atom is 0.336 e. The van der Waals surface area contributed by atoms with E-state index in [9.17, 15) is 4.79 Å². The summed E-state index contributed by atoms with van der Waals surface area (Å²) in [5, 5.41) is 17.8. The first kappa shape index (κ1) is 11.0. The normalized spacial score (nSPS) is 9.50. The van der Waals surface area contributed by atoms with Crippen LogP contribution < -0.4 is 0 Å². The van der Waals surface area contributed by atoms with E-state index in [1.807, 2.05) is 35.6 Å². The van der Waals surface area contributed by atoms with Gasteiger partial charge in [-0.25, -0.2) is 4.79 Å². The monoisotopic (exact) mass is 301 g/mol. The molecular weight excluding hydrogens is 293 g/mol. The van der Waals surface area contributed by atoms with E-state index in [1.165, 1.54) is 0 Å². The van der Waals surface area contributed by atoms with Gasteiger partial charge >= 0.3 is 5.97 Å². The lowest BCUT2D eigenvalue weighted by Gasteiger charge is -2.06. The number of rotatable bonds is 2. The van der Waals surface area contributed by atoms with Crippen molar-refractivity contribution in [3.05, 3.63) is 32.4 Å². The van der Waals surface area contributed by atoms with E-state index in [0.29, 0.717) is 17.5 Å². The zero-order valence-electron chi connectivity index (χ0n) is 7.54. The van der Waals surface area contributed by atoms with Crippen LogP contribution in [-0.4, -0.2) is 11.1 Å². The second kappa shape index (κ2) is 4.42. The molecular formula is C10H8INO2. The molecule has 14 heavy (non-hydrogen) atoms. The highest BCUT2D eigenvalue weighted by atomic mass is 127. The van der Waals surface area contributed by atoms with Crippen molar-refractivity contribution in [2.24, 2.45) is 0 Å².